The van der Waals surface area contributed by atoms with Crippen molar-refractivity contribution in [3.63, 3.8) is 0 Å². The Labute approximate surface area is 75.4 Å². The van der Waals surface area contributed by atoms with Crippen LogP contribution in [0.1, 0.15) is 54.9 Å². The third-order valence-corrected chi connectivity index (χ3v) is 1.06. The maximum Gasteiger partial charge on any atom is -0.0235 e. The average molecular weight is 176 g/mol. The smallest absolute Gasteiger partial charge is 0.0235 e. The van der Waals surface area contributed by atoms with Crippen LogP contribution >= 0.6 is 9.24 Å². The Balaban J connectivity index is 0. The molecule has 0 aliphatic rings. The topological polar surface area (TPSA) is 0 Å². The molecule has 0 aromatic carbocycles. The predicted molar refractivity (Wildman–Crippen MR) is 59.2 cm³/mol. The molecule has 0 nitrogen and oxygen atoms in total. The molecule has 0 aromatic rings. The van der Waals surface area contributed by atoms with E-state index in [9.17, 15) is 0 Å². The first-order valence-corrected chi connectivity index (χ1v) is 4.93. The van der Waals surface area contributed by atoms with Crippen molar-refractivity contribution in [3.05, 3.63) is 0 Å². The van der Waals surface area contributed by atoms with Gasteiger partial charge in [0.1, 0.15) is 0 Å². The molecule has 1 unspecified atom stereocenters. The first-order chi connectivity index (χ1) is 4.56. The van der Waals surface area contributed by atoms with Gasteiger partial charge in [0.15, 0.2) is 0 Å². The van der Waals surface area contributed by atoms with E-state index in [-0.39, 0.29) is 0 Å². The molecule has 0 N–H and O–H groups in total. The van der Waals surface area contributed by atoms with Crippen LogP contribution in [-0.4, -0.2) is 5.16 Å². The second-order valence-electron chi connectivity index (χ2n) is 5.28. The van der Waals surface area contributed by atoms with E-state index in [1.807, 2.05) is 0 Å². The molecule has 0 spiro atoms. The van der Waals surface area contributed by atoms with E-state index in [4.69, 9.17) is 0 Å². The molecule has 11 heavy (non-hydrogen) atoms. The van der Waals surface area contributed by atoms with Crippen molar-refractivity contribution < 1.29 is 0 Å². The van der Waals surface area contributed by atoms with Crippen LogP contribution in [0.15, 0.2) is 0 Å². The Morgan fingerprint density at radius 1 is 0.909 bits per heavy atom. The molecular formula is C10H25P. The van der Waals surface area contributed by atoms with Gasteiger partial charge in [0.05, 0.1) is 0 Å². The zero-order valence-corrected chi connectivity index (χ0v) is 10.4. The van der Waals surface area contributed by atoms with Crippen LogP contribution in [0, 0.1) is 5.41 Å². The molecule has 0 saturated heterocycles. The SMILES string of the molecule is CC(C)(C)P.CCC(C)(C)C. The first kappa shape index (κ1) is 14.0. The van der Waals surface area contributed by atoms with Gasteiger partial charge in [-0.05, 0) is 10.6 Å². The fourth-order valence-electron chi connectivity index (χ4n) is 0. The minimum Gasteiger partial charge on any atom is -0.132 e. The predicted octanol–water partition coefficient (Wildman–Crippen LogP) is 4.10. The number of hydrogen-bond acceptors (Lipinski definition) is 0. The van der Waals surface area contributed by atoms with Gasteiger partial charge in [-0.3, -0.25) is 0 Å². The normalized spacial score (nSPS) is 12.0. The van der Waals surface area contributed by atoms with Gasteiger partial charge in [-0.2, -0.15) is 0 Å². The summed E-state index contributed by atoms with van der Waals surface area (Å²) < 4.78 is 0. The monoisotopic (exact) mass is 176 g/mol. The maximum atomic E-state index is 2.72. The molecule has 70 valence electrons. The molecule has 0 heterocycles. The quantitative estimate of drug-likeness (QED) is 0.487. The zero-order chi connectivity index (χ0) is 9.71. The van der Waals surface area contributed by atoms with Gasteiger partial charge >= 0.3 is 0 Å². The van der Waals surface area contributed by atoms with Crippen molar-refractivity contribution in [2.24, 2.45) is 5.41 Å². The van der Waals surface area contributed by atoms with Crippen LogP contribution in [0.5, 0.6) is 0 Å². The second-order valence-corrected chi connectivity index (χ2v) is 7.01. The molecule has 0 saturated carbocycles. The molecule has 1 heteroatoms. The molecular weight excluding hydrogens is 151 g/mol. The van der Waals surface area contributed by atoms with Gasteiger partial charge in [0, 0.05) is 0 Å². The van der Waals surface area contributed by atoms with E-state index in [2.05, 4.69) is 57.7 Å². The molecule has 0 bridgehead atoms. The fraction of sp³-hybridized carbons (Fsp3) is 1.00. The summed E-state index contributed by atoms with van der Waals surface area (Å²) in [5.41, 5.74) is 0.542. The van der Waals surface area contributed by atoms with Gasteiger partial charge in [0.2, 0.25) is 0 Å². The summed E-state index contributed by atoms with van der Waals surface area (Å²) in [4.78, 5) is 0. The van der Waals surface area contributed by atoms with Gasteiger partial charge in [-0.25, -0.2) is 0 Å². The molecule has 1 atom stereocenters. The standard InChI is InChI=1S/C6H14.C4H11P/c1-5-6(2,3)4;1-4(2,3)5/h5H2,1-4H3;5H2,1-3H3. The van der Waals surface area contributed by atoms with Gasteiger partial charge in [-0.1, -0.05) is 54.9 Å². The lowest BCUT2D eigenvalue weighted by molar-refractivity contribution is 0.398. The summed E-state index contributed by atoms with van der Waals surface area (Å²) in [6.07, 6.45) is 1.27. The lowest BCUT2D eigenvalue weighted by Crippen LogP contribution is -2.00. The minimum absolute atomic E-state index is 0.417. The summed E-state index contributed by atoms with van der Waals surface area (Å²) >= 11 is 0. The summed E-state index contributed by atoms with van der Waals surface area (Å²) in [7, 11) is 2.72. The first-order valence-electron chi connectivity index (χ1n) is 4.35. The third kappa shape index (κ3) is 63.0. The van der Waals surface area contributed by atoms with E-state index in [0.29, 0.717) is 10.6 Å². The molecule has 0 rings (SSSR count). The van der Waals surface area contributed by atoms with Crippen molar-refractivity contribution in [1.29, 1.82) is 0 Å². The maximum absolute atomic E-state index is 2.72. The highest BCUT2D eigenvalue weighted by Crippen LogP contribution is 2.16. The second kappa shape index (κ2) is 5.14. The van der Waals surface area contributed by atoms with Crippen molar-refractivity contribution in [2.45, 2.75) is 60.0 Å². The number of rotatable bonds is 0. The highest BCUT2D eigenvalue weighted by Gasteiger charge is 2.03. The van der Waals surface area contributed by atoms with E-state index >= 15 is 0 Å². The van der Waals surface area contributed by atoms with Gasteiger partial charge in [-0.15, -0.1) is 9.24 Å². The summed E-state index contributed by atoms with van der Waals surface area (Å²) in [6.45, 7) is 15.4. The molecule has 0 aromatic heterocycles. The zero-order valence-electron chi connectivity index (χ0n) is 9.28. The van der Waals surface area contributed by atoms with Gasteiger partial charge < -0.3 is 0 Å². The summed E-state index contributed by atoms with van der Waals surface area (Å²) in [5.74, 6) is 0. The lowest BCUT2D eigenvalue weighted by Gasteiger charge is -2.12. The van der Waals surface area contributed by atoms with Crippen LogP contribution in [0.25, 0.3) is 0 Å². The van der Waals surface area contributed by atoms with Crippen LogP contribution in [0.3, 0.4) is 0 Å². The molecule has 0 amide bonds. The average Bonchev–Trinajstić information content (AvgIpc) is 1.59. The largest absolute Gasteiger partial charge is 0.132 e. The summed E-state index contributed by atoms with van der Waals surface area (Å²) in [5, 5.41) is 0.417. The number of hydrogen-bond donors (Lipinski definition) is 0. The molecule has 0 radical (unpaired) electrons. The highest BCUT2D eigenvalue weighted by atomic mass is 31.0. The van der Waals surface area contributed by atoms with Crippen molar-refractivity contribution in [3.8, 4) is 0 Å². The van der Waals surface area contributed by atoms with E-state index in [1.54, 1.807) is 0 Å². The van der Waals surface area contributed by atoms with Crippen LogP contribution in [0.2, 0.25) is 0 Å². The van der Waals surface area contributed by atoms with E-state index in [1.165, 1.54) is 6.42 Å². The Bertz CT molecular complexity index is 76.0. The van der Waals surface area contributed by atoms with Crippen LogP contribution in [0.4, 0.5) is 0 Å². The minimum atomic E-state index is 0.417. The third-order valence-electron chi connectivity index (χ3n) is 1.06. The van der Waals surface area contributed by atoms with Crippen LogP contribution < -0.4 is 0 Å². The lowest BCUT2D eigenvalue weighted by atomic mass is 9.94. The Hall–Kier alpha value is 0.430. The van der Waals surface area contributed by atoms with Gasteiger partial charge in [0.25, 0.3) is 0 Å². The summed E-state index contributed by atoms with van der Waals surface area (Å²) in [6, 6.07) is 0. The Kier molecular flexibility index (Phi) is 6.54. The fourth-order valence-corrected chi connectivity index (χ4v) is 0. The van der Waals surface area contributed by atoms with E-state index in [0.717, 1.165) is 0 Å². The van der Waals surface area contributed by atoms with Crippen molar-refractivity contribution in [1.82, 2.24) is 0 Å². The Morgan fingerprint density at radius 3 is 1.00 bits per heavy atom. The van der Waals surface area contributed by atoms with E-state index < -0.39 is 0 Å². The molecule has 0 aliphatic carbocycles. The van der Waals surface area contributed by atoms with Crippen molar-refractivity contribution >= 4 is 9.24 Å². The molecule has 0 fully saturated rings. The Morgan fingerprint density at radius 2 is 1.00 bits per heavy atom. The van der Waals surface area contributed by atoms with Crippen molar-refractivity contribution in [2.75, 3.05) is 0 Å². The van der Waals surface area contributed by atoms with Crippen LogP contribution in [-0.2, 0) is 0 Å². The molecule has 0 aliphatic heterocycles. The highest BCUT2D eigenvalue weighted by molar-refractivity contribution is 7.18.